The highest BCUT2D eigenvalue weighted by Gasteiger charge is 2.52. The Morgan fingerprint density at radius 2 is 1.68 bits per heavy atom. The lowest BCUT2D eigenvalue weighted by Crippen LogP contribution is -2.19. The maximum absolute atomic E-state index is 6.20. The van der Waals surface area contributed by atoms with Crippen LogP contribution in [0.2, 0.25) is 0 Å². The van der Waals surface area contributed by atoms with E-state index in [0.29, 0.717) is 5.82 Å². The molecule has 28 heavy (non-hydrogen) atoms. The Balaban J connectivity index is 1.33. The molecule has 1 aliphatic carbocycles. The van der Waals surface area contributed by atoms with Crippen molar-refractivity contribution in [2.45, 2.75) is 0 Å². The van der Waals surface area contributed by atoms with Crippen molar-refractivity contribution in [3.05, 3.63) is 60.9 Å². The first kappa shape index (κ1) is 17.0. The molecule has 1 saturated heterocycles. The number of hydrogen-bond donors (Lipinski definition) is 3. The Kier molecular flexibility index (Phi) is 4.33. The Bertz CT molecular complexity index is 950. The van der Waals surface area contributed by atoms with E-state index in [2.05, 4.69) is 20.6 Å². The number of ether oxygens (including phenoxy) is 1. The van der Waals surface area contributed by atoms with Crippen LogP contribution in [0.5, 0.6) is 11.5 Å². The zero-order valence-corrected chi connectivity index (χ0v) is 15.5. The van der Waals surface area contributed by atoms with Gasteiger partial charge in [-0.1, -0.05) is 30.3 Å². The first-order valence-electron chi connectivity index (χ1n) is 9.68. The highest BCUT2D eigenvalue weighted by atomic mass is 16.5. The fourth-order valence-corrected chi connectivity index (χ4v) is 4.20. The van der Waals surface area contributed by atoms with Gasteiger partial charge in [0.2, 0.25) is 0 Å². The van der Waals surface area contributed by atoms with E-state index in [1.54, 1.807) is 0 Å². The molecule has 3 atom stereocenters. The van der Waals surface area contributed by atoms with Gasteiger partial charge in [-0.2, -0.15) is 0 Å². The van der Waals surface area contributed by atoms with Crippen molar-refractivity contribution < 1.29 is 4.74 Å². The molecule has 1 unspecified atom stereocenters. The number of benzene rings is 2. The normalized spacial score (nSPS) is 22.5. The van der Waals surface area contributed by atoms with Gasteiger partial charge in [-0.25, -0.2) is 9.97 Å². The number of hydrogen-bond acceptors (Lipinski definition) is 6. The lowest BCUT2D eigenvalue weighted by Gasteiger charge is -2.14. The number of para-hydroxylation sites is 1. The number of fused-ring (bicyclic) bond motifs is 1. The number of nitrogens with two attached hydrogens (primary N) is 1. The summed E-state index contributed by atoms with van der Waals surface area (Å²) in [6.45, 7) is 3.20. The summed E-state index contributed by atoms with van der Waals surface area (Å²) in [5.41, 5.74) is 8.01. The van der Waals surface area contributed by atoms with E-state index in [1.165, 1.54) is 6.33 Å². The Labute approximate surface area is 164 Å². The SMILES string of the molecule is Nc1ncnc(NCC2[C@H]3CNC[C@@H]23)c1-c1ccc(Oc2ccccc2)cc1. The Morgan fingerprint density at radius 3 is 2.43 bits per heavy atom. The Morgan fingerprint density at radius 1 is 0.964 bits per heavy atom. The summed E-state index contributed by atoms with van der Waals surface area (Å²) in [6, 6.07) is 17.6. The second-order valence-electron chi connectivity index (χ2n) is 7.45. The van der Waals surface area contributed by atoms with E-state index in [9.17, 15) is 0 Å². The maximum atomic E-state index is 6.20. The third kappa shape index (κ3) is 3.27. The Hall–Kier alpha value is -3.12. The highest BCUT2D eigenvalue weighted by molar-refractivity contribution is 5.83. The molecule has 1 aromatic heterocycles. The summed E-state index contributed by atoms with van der Waals surface area (Å²) >= 11 is 0. The van der Waals surface area contributed by atoms with Gasteiger partial charge < -0.3 is 21.1 Å². The molecule has 0 amide bonds. The third-order valence-electron chi connectivity index (χ3n) is 5.77. The van der Waals surface area contributed by atoms with Gasteiger partial charge in [0, 0.05) is 6.54 Å². The third-order valence-corrected chi connectivity index (χ3v) is 5.77. The van der Waals surface area contributed by atoms with E-state index in [-0.39, 0.29) is 0 Å². The maximum Gasteiger partial charge on any atom is 0.139 e. The molecule has 6 heteroatoms. The predicted octanol–water partition coefficient (Wildman–Crippen LogP) is 3.40. The van der Waals surface area contributed by atoms with Crippen LogP contribution in [0.4, 0.5) is 11.6 Å². The molecule has 5 rings (SSSR count). The van der Waals surface area contributed by atoms with Gasteiger partial charge in [0.05, 0.1) is 5.56 Å². The summed E-state index contributed by atoms with van der Waals surface area (Å²) in [5, 5.41) is 6.94. The van der Waals surface area contributed by atoms with E-state index < -0.39 is 0 Å². The number of rotatable bonds is 6. The summed E-state index contributed by atoms with van der Waals surface area (Å²) < 4.78 is 5.88. The molecule has 3 aromatic rings. The summed E-state index contributed by atoms with van der Waals surface area (Å²) in [6.07, 6.45) is 1.52. The predicted molar refractivity (Wildman–Crippen MR) is 110 cm³/mol. The molecule has 6 nitrogen and oxygen atoms in total. The van der Waals surface area contributed by atoms with Crippen molar-refractivity contribution in [2.24, 2.45) is 17.8 Å². The molecule has 0 radical (unpaired) electrons. The number of nitrogen functional groups attached to an aromatic ring is 1. The van der Waals surface area contributed by atoms with Crippen molar-refractivity contribution in [3.63, 3.8) is 0 Å². The van der Waals surface area contributed by atoms with Crippen LogP contribution in [0.25, 0.3) is 11.1 Å². The average Bonchev–Trinajstić information content (AvgIpc) is 3.15. The molecule has 0 spiro atoms. The largest absolute Gasteiger partial charge is 0.457 e. The fourth-order valence-electron chi connectivity index (χ4n) is 4.20. The van der Waals surface area contributed by atoms with Crippen LogP contribution in [0.1, 0.15) is 0 Å². The molecule has 2 heterocycles. The van der Waals surface area contributed by atoms with E-state index in [1.807, 2.05) is 54.6 Å². The lowest BCUT2D eigenvalue weighted by molar-refractivity contribution is 0.483. The van der Waals surface area contributed by atoms with Crippen molar-refractivity contribution in [1.82, 2.24) is 15.3 Å². The van der Waals surface area contributed by atoms with Gasteiger partial charge in [0.15, 0.2) is 0 Å². The van der Waals surface area contributed by atoms with Crippen LogP contribution in [0.3, 0.4) is 0 Å². The molecule has 142 valence electrons. The van der Waals surface area contributed by atoms with E-state index in [0.717, 1.165) is 65.8 Å². The number of nitrogens with zero attached hydrogens (tertiary/aromatic N) is 2. The molecule has 0 bridgehead atoms. The molecular weight excluding hydrogens is 350 g/mol. The minimum absolute atomic E-state index is 0.479. The van der Waals surface area contributed by atoms with Gasteiger partial charge in [-0.3, -0.25) is 0 Å². The smallest absolute Gasteiger partial charge is 0.139 e. The van der Waals surface area contributed by atoms with Crippen LogP contribution in [0, 0.1) is 17.8 Å². The number of anilines is 2. The van der Waals surface area contributed by atoms with Gasteiger partial charge in [0.25, 0.3) is 0 Å². The molecule has 1 aliphatic heterocycles. The zero-order valence-electron chi connectivity index (χ0n) is 15.5. The topological polar surface area (TPSA) is 85.1 Å². The summed E-state index contributed by atoms with van der Waals surface area (Å²) in [7, 11) is 0. The molecule has 2 fully saturated rings. The summed E-state index contributed by atoms with van der Waals surface area (Å²) in [4.78, 5) is 8.64. The van der Waals surface area contributed by atoms with Crippen LogP contribution in [0.15, 0.2) is 60.9 Å². The standard InChI is InChI=1S/C22H23N5O/c23-21-20(14-6-8-16(9-7-14)28-15-4-2-1-3-5-15)22(27-13-26-21)25-12-19-17-10-24-11-18(17)19/h1-9,13,17-19,24H,10-12H2,(H3,23,25,26,27)/t17-,18+,19?. The first-order chi connectivity index (χ1) is 13.8. The zero-order chi connectivity index (χ0) is 18.9. The van der Waals surface area contributed by atoms with Gasteiger partial charge >= 0.3 is 0 Å². The van der Waals surface area contributed by atoms with Crippen molar-refractivity contribution in [1.29, 1.82) is 0 Å². The van der Waals surface area contributed by atoms with E-state index in [4.69, 9.17) is 10.5 Å². The molecule has 1 saturated carbocycles. The highest BCUT2D eigenvalue weighted by Crippen LogP contribution is 2.48. The van der Waals surface area contributed by atoms with Crippen molar-refractivity contribution in [3.8, 4) is 22.6 Å². The number of piperidine rings is 1. The minimum Gasteiger partial charge on any atom is -0.457 e. The summed E-state index contributed by atoms with van der Waals surface area (Å²) in [5.74, 6) is 5.21. The van der Waals surface area contributed by atoms with Gasteiger partial charge in [-0.05, 0) is 60.7 Å². The minimum atomic E-state index is 0.479. The van der Waals surface area contributed by atoms with Crippen LogP contribution in [-0.2, 0) is 0 Å². The van der Waals surface area contributed by atoms with Gasteiger partial charge in [0.1, 0.15) is 29.5 Å². The molecule has 2 aliphatic rings. The number of aromatic nitrogens is 2. The monoisotopic (exact) mass is 373 g/mol. The first-order valence-corrected chi connectivity index (χ1v) is 9.68. The van der Waals surface area contributed by atoms with Crippen LogP contribution in [-0.4, -0.2) is 29.6 Å². The quantitative estimate of drug-likeness (QED) is 0.614. The lowest BCUT2D eigenvalue weighted by atomic mass is 10.1. The second-order valence-corrected chi connectivity index (χ2v) is 7.45. The second kappa shape index (κ2) is 7.13. The number of nitrogens with one attached hydrogen (secondary N) is 2. The molecule has 4 N–H and O–H groups in total. The molecule has 2 aromatic carbocycles. The molecular formula is C22H23N5O. The van der Waals surface area contributed by atoms with Crippen LogP contribution < -0.4 is 21.1 Å². The fraction of sp³-hybridized carbons (Fsp3) is 0.273. The average molecular weight is 373 g/mol. The van der Waals surface area contributed by atoms with Gasteiger partial charge in [-0.15, -0.1) is 0 Å². The van der Waals surface area contributed by atoms with Crippen molar-refractivity contribution in [2.75, 3.05) is 30.7 Å². The van der Waals surface area contributed by atoms with Crippen molar-refractivity contribution >= 4 is 11.6 Å². The van der Waals surface area contributed by atoms with Crippen LogP contribution >= 0.6 is 0 Å². The van der Waals surface area contributed by atoms with E-state index >= 15 is 0 Å².